The molecule has 0 aliphatic rings. The lowest BCUT2D eigenvalue weighted by Crippen LogP contribution is -2.34. The van der Waals surface area contributed by atoms with Crippen molar-refractivity contribution in [1.29, 1.82) is 0 Å². The fraction of sp³-hybridized carbons (Fsp3) is 1.00. The predicted molar refractivity (Wildman–Crippen MR) is 40.5 cm³/mol. The first kappa shape index (κ1) is 11.4. The standard InChI is InChI=1S/C5H12ClN.ClH/c1-4(2)5(3,6)7;/h4H,7H2,1-3H3;1H. The first-order valence-electron chi connectivity index (χ1n) is 2.42. The minimum Gasteiger partial charge on any atom is -0.313 e. The van der Waals surface area contributed by atoms with Crippen LogP contribution in [0.1, 0.15) is 20.8 Å². The molecule has 52 valence electrons. The maximum Gasteiger partial charge on any atom is 0.0905 e. The second kappa shape index (κ2) is 3.54. The molecule has 1 atom stereocenters. The summed E-state index contributed by atoms with van der Waals surface area (Å²) < 4.78 is 0. The predicted octanol–water partition coefficient (Wildman–Crippen LogP) is 1.98. The summed E-state index contributed by atoms with van der Waals surface area (Å²) >= 11 is 5.65. The van der Waals surface area contributed by atoms with Gasteiger partial charge < -0.3 is 5.73 Å². The van der Waals surface area contributed by atoms with Crippen LogP contribution in [0.15, 0.2) is 0 Å². The van der Waals surface area contributed by atoms with Crippen molar-refractivity contribution in [1.82, 2.24) is 0 Å². The Kier molecular flexibility index (Phi) is 5.03. The number of hydrogen-bond donors (Lipinski definition) is 1. The van der Waals surface area contributed by atoms with Gasteiger partial charge in [0.2, 0.25) is 0 Å². The normalized spacial score (nSPS) is 17.2. The van der Waals surface area contributed by atoms with Gasteiger partial charge in [0.25, 0.3) is 0 Å². The molecule has 1 unspecified atom stereocenters. The fourth-order valence-corrected chi connectivity index (χ4v) is 0. The van der Waals surface area contributed by atoms with Gasteiger partial charge in [0, 0.05) is 0 Å². The molecule has 0 spiro atoms. The third kappa shape index (κ3) is 4.69. The van der Waals surface area contributed by atoms with Crippen LogP contribution < -0.4 is 5.73 Å². The Morgan fingerprint density at radius 2 is 1.62 bits per heavy atom. The van der Waals surface area contributed by atoms with Gasteiger partial charge in [0.1, 0.15) is 0 Å². The van der Waals surface area contributed by atoms with Gasteiger partial charge in [0.05, 0.1) is 5.00 Å². The highest BCUT2D eigenvalue weighted by atomic mass is 35.5. The molecule has 0 fully saturated rings. The summed E-state index contributed by atoms with van der Waals surface area (Å²) in [6, 6.07) is 0. The van der Waals surface area contributed by atoms with Crippen LogP contribution in [0, 0.1) is 5.92 Å². The average Bonchev–Trinajstić information content (AvgIpc) is 1.31. The molecule has 0 aromatic rings. The van der Waals surface area contributed by atoms with Crippen LogP contribution in [0.2, 0.25) is 0 Å². The lowest BCUT2D eigenvalue weighted by Gasteiger charge is -2.19. The zero-order valence-electron chi connectivity index (χ0n) is 5.44. The molecule has 0 heterocycles. The van der Waals surface area contributed by atoms with Crippen molar-refractivity contribution in [2.45, 2.75) is 25.8 Å². The number of nitrogens with two attached hydrogens (primary N) is 1. The minimum absolute atomic E-state index is 0. The van der Waals surface area contributed by atoms with E-state index in [-0.39, 0.29) is 12.4 Å². The summed E-state index contributed by atoms with van der Waals surface area (Å²) in [7, 11) is 0. The highest BCUT2D eigenvalue weighted by Gasteiger charge is 2.17. The number of alkyl halides is 1. The molecule has 0 saturated heterocycles. The van der Waals surface area contributed by atoms with E-state index in [0.29, 0.717) is 5.92 Å². The van der Waals surface area contributed by atoms with Gasteiger partial charge >= 0.3 is 0 Å². The molecule has 8 heavy (non-hydrogen) atoms. The second-order valence-electron chi connectivity index (χ2n) is 2.31. The number of halogens is 2. The van der Waals surface area contributed by atoms with E-state index >= 15 is 0 Å². The molecule has 0 aliphatic heterocycles. The van der Waals surface area contributed by atoms with Gasteiger partial charge in [-0.2, -0.15) is 0 Å². The number of hydrogen-bond acceptors (Lipinski definition) is 1. The third-order valence-electron chi connectivity index (χ3n) is 1.13. The molecular formula is C5H13Cl2N. The Balaban J connectivity index is 0. The van der Waals surface area contributed by atoms with Crippen molar-refractivity contribution in [2.24, 2.45) is 11.7 Å². The van der Waals surface area contributed by atoms with Crippen molar-refractivity contribution in [3.63, 3.8) is 0 Å². The van der Waals surface area contributed by atoms with Crippen LogP contribution >= 0.6 is 24.0 Å². The van der Waals surface area contributed by atoms with Crippen LogP contribution in [0.4, 0.5) is 0 Å². The van der Waals surface area contributed by atoms with Crippen LogP contribution in [-0.2, 0) is 0 Å². The second-order valence-corrected chi connectivity index (χ2v) is 3.12. The van der Waals surface area contributed by atoms with Crippen molar-refractivity contribution in [2.75, 3.05) is 0 Å². The van der Waals surface area contributed by atoms with Crippen molar-refractivity contribution in [3.05, 3.63) is 0 Å². The van der Waals surface area contributed by atoms with Crippen molar-refractivity contribution < 1.29 is 0 Å². The largest absolute Gasteiger partial charge is 0.313 e. The lowest BCUT2D eigenvalue weighted by molar-refractivity contribution is 0.472. The first-order chi connectivity index (χ1) is 2.94. The summed E-state index contributed by atoms with van der Waals surface area (Å²) in [6.45, 7) is 5.79. The molecule has 0 rings (SSSR count). The van der Waals surface area contributed by atoms with Crippen LogP contribution in [0.25, 0.3) is 0 Å². The molecule has 0 aliphatic carbocycles. The molecule has 3 heteroatoms. The van der Waals surface area contributed by atoms with Gasteiger partial charge in [-0.05, 0) is 12.8 Å². The molecule has 0 radical (unpaired) electrons. The van der Waals surface area contributed by atoms with E-state index < -0.39 is 5.00 Å². The fourth-order valence-electron chi connectivity index (χ4n) is 0. The van der Waals surface area contributed by atoms with E-state index in [4.69, 9.17) is 17.3 Å². The highest BCUT2D eigenvalue weighted by molar-refractivity contribution is 6.23. The maximum atomic E-state index is 5.65. The summed E-state index contributed by atoms with van der Waals surface area (Å²) in [4.78, 5) is -0.528. The van der Waals surface area contributed by atoms with Gasteiger partial charge in [-0.15, -0.1) is 24.0 Å². The van der Waals surface area contributed by atoms with E-state index in [1.165, 1.54) is 0 Å². The van der Waals surface area contributed by atoms with Gasteiger partial charge in [-0.25, -0.2) is 0 Å². The SMILES string of the molecule is CC(C)C(C)(N)Cl.Cl. The van der Waals surface area contributed by atoms with Gasteiger partial charge in [-0.1, -0.05) is 13.8 Å². The first-order valence-corrected chi connectivity index (χ1v) is 2.80. The zero-order chi connectivity index (χ0) is 6.08. The monoisotopic (exact) mass is 157 g/mol. The zero-order valence-corrected chi connectivity index (χ0v) is 7.01. The molecule has 0 aromatic carbocycles. The van der Waals surface area contributed by atoms with Gasteiger partial charge in [0.15, 0.2) is 0 Å². The van der Waals surface area contributed by atoms with Crippen LogP contribution in [0.3, 0.4) is 0 Å². The number of rotatable bonds is 1. The molecule has 2 N–H and O–H groups in total. The summed E-state index contributed by atoms with van der Waals surface area (Å²) in [5.74, 6) is 0.342. The maximum absolute atomic E-state index is 5.65. The average molecular weight is 158 g/mol. The highest BCUT2D eigenvalue weighted by Crippen LogP contribution is 2.16. The quantitative estimate of drug-likeness (QED) is 0.458. The van der Waals surface area contributed by atoms with E-state index in [1.54, 1.807) is 6.92 Å². The van der Waals surface area contributed by atoms with E-state index in [1.807, 2.05) is 13.8 Å². The van der Waals surface area contributed by atoms with E-state index in [9.17, 15) is 0 Å². The Morgan fingerprint density at radius 1 is 1.50 bits per heavy atom. The molecule has 1 nitrogen and oxygen atoms in total. The Bertz CT molecular complexity index is 55.9. The molecule has 0 amide bonds. The van der Waals surface area contributed by atoms with E-state index in [0.717, 1.165) is 0 Å². The van der Waals surface area contributed by atoms with E-state index in [2.05, 4.69) is 0 Å². The van der Waals surface area contributed by atoms with Crippen molar-refractivity contribution in [3.8, 4) is 0 Å². The third-order valence-corrected chi connectivity index (χ3v) is 1.57. The lowest BCUT2D eigenvalue weighted by atomic mass is 10.1. The molecule has 0 aromatic heterocycles. The van der Waals surface area contributed by atoms with Gasteiger partial charge in [-0.3, -0.25) is 0 Å². The minimum atomic E-state index is -0.528. The molecule has 0 saturated carbocycles. The summed E-state index contributed by atoms with van der Waals surface area (Å²) in [6.07, 6.45) is 0. The Hall–Kier alpha value is 0.540. The Morgan fingerprint density at radius 3 is 1.62 bits per heavy atom. The molecular weight excluding hydrogens is 145 g/mol. The van der Waals surface area contributed by atoms with Crippen LogP contribution in [-0.4, -0.2) is 5.00 Å². The molecule has 0 bridgehead atoms. The Labute approximate surface area is 62.0 Å². The topological polar surface area (TPSA) is 26.0 Å². The summed E-state index contributed by atoms with van der Waals surface area (Å²) in [5.41, 5.74) is 5.44. The van der Waals surface area contributed by atoms with Crippen LogP contribution in [0.5, 0.6) is 0 Å². The van der Waals surface area contributed by atoms with Crippen molar-refractivity contribution >= 4 is 24.0 Å². The summed E-state index contributed by atoms with van der Waals surface area (Å²) in [5, 5.41) is 0. The smallest absolute Gasteiger partial charge is 0.0905 e.